The summed E-state index contributed by atoms with van der Waals surface area (Å²) >= 11 is 0. The Bertz CT molecular complexity index is 852. The van der Waals surface area contributed by atoms with Gasteiger partial charge in [0.05, 0.1) is 0 Å². The highest BCUT2D eigenvalue weighted by Crippen LogP contribution is 2.48. The summed E-state index contributed by atoms with van der Waals surface area (Å²) in [6.45, 7) is 9.97. The molecule has 136 valence electrons. The lowest BCUT2D eigenvalue weighted by molar-refractivity contribution is -0.131. The minimum atomic E-state index is -0.957. The Morgan fingerprint density at radius 1 is 0.731 bits per heavy atom. The average Bonchev–Trinajstić information content (AvgIpc) is 3.31. The Kier molecular flexibility index (Phi) is 4.61. The van der Waals surface area contributed by atoms with Crippen molar-refractivity contribution in [2.24, 2.45) is 5.41 Å². The summed E-state index contributed by atoms with van der Waals surface area (Å²) in [6.07, 6.45) is 1.17. The zero-order chi connectivity index (χ0) is 19.1. The minimum absolute atomic E-state index is 0.213. The van der Waals surface area contributed by atoms with E-state index in [2.05, 4.69) is 16.7 Å². The molecule has 0 unspecified atom stereocenters. The monoisotopic (exact) mass is 350 g/mol. The van der Waals surface area contributed by atoms with Gasteiger partial charge in [0.2, 0.25) is 11.8 Å². The van der Waals surface area contributed by atoms with Crippen LogP contribution >= 0.6 is 0 Å². The molecule has 0 aromatic heterocycles. The van der Waals surface area contributed by atoms with Gasteiger partial charge < -0.3 is 10.6 Å². The quantitative estimate of drug-likeness (QED) is 0.793. The lowest BCUT2D eigenvalue weighted by Crippen LogP contribution is -2.36. The van der Waals surface area contributed by atoms with Crippen molar-refractivity contribution in [2.45, 2.75) is 47.5 Å². The number of anilines is 2. The van der Waals surface area contributed by atoms with E-state index in [-0.39, 0.29) is 11.8 Å². The fourth-order valence-corrected chi connectivity index (χ4v) is 3.59. The van der Waals surface area contributed by atoms with Crippen LogP contribution in [0.1, 0.15) is 40.7 Å². The van der Waals surface area contributed by atoms with E-state index in [1.54, 1.807) is 0 Å². The highest BCUT2D eigenvalue weighted by atomic mass is 16.2. The third-order valence-corrected chi connectivity index (χ3v) is 5.01. The molecule has 0 heterocycles. The maximum atomic E-state index is 12.9. The van der Waals surface area contributed by atoms with Gasteiger partial charge in [-0.05, 0) is 81.8 Å². The smallest absolute Gasteiger partial charge is 0.240 e. The van der Waals surface area contributed by atoms with E-state index in [1.165, 1.54) is 0 Å². The second-order valence-corrected chi connectivity index (χ2v) is 7.64. The van der Waals surface area contributed by atoms with Gasteiger partial charge in [0.15, 0.2) is 0 Å². The number of carbonyl (C=O) groups excluding carboxylic acids is 2. The molecule has 0 saturated heterocycles. The van der Waals surface area contributed by atoms with E-state index in [0.29, 0.717) is 12.8 Å². The molecule has 0 spiro atoms. The van der Waals surface area contributed by atoms with Crippen molar-refractivity contribution < 1.29 is 9.59 Å². The number of amides is 2. The van der Waals surface area contributed by atoms with Crippen LogP contribution < -0.4 is 10.6 Å². The van der Waals surface area contributed by atoms with E-state index in [0.717, 1.165) is 39.2 Å². The van der Waals surface area contributed by atoms with Gasteiger partial charge in [-0.3, -0.25) is 9.59 Å². The van der Waals surface area contributed by atoms with Gasteiger partial charge in [-0.2, -0.15) is 0 Å². The summed E-state index contributed by atoms with van der Waals surface area (Å²) in [5.41, 5.74) is 5.96. The molecule has 0 radical (unpaired) electrons. The molecule has 1 aliphatic rings. The van der Waals surface area contributed by atoms with Crippen LogP contribution in [0.15, 0.2) is 30.3 Å². The van der Waals surface area contributed by atoms with Gasteiger partial charge in [0.25, 0.3) is 0 Å². The van der Waals surface area contributed by atoms with Gasteiger partial charge in [-0.1, -0.05) is 23.8 Å². The van der Waals surface area contributed by atoms with Gasteiger partial charge in [0, 0.05) is 11.4 Å². The average molecular weight is 350 g/mol. The first-order valence-electron chi connectivity index (χ1n) is 9.00. The second kappa shape index (κ2) is 6.60. The molecular weight excluding hydrogens is 324 g/mol. The molecule has 0 aliphatic heterocycles. The predicted molar refractivity (Wildman–Crippen MR) is 105 cm³/mol. The van der Waals surface area contributed by atoms with E-state index in [4.69, 9.17) is 0 Å². The third kappa shape index (κ3) is 3.50. The first kappa shape index (κ1) is 18.2. The summed E-state index contributed by atoms with van der Waals surface area (Å²) in [5, 5.41) is 5.93. The van der Waals surface area contributed by atoms with Crippen molar-refractivity contribution in [2.75, 3.05) is 10.6 Å². The first-order valence-corrected chi connectivity index (χ1v) is 9.00. The van der Waals surface area contributed by atoms with Crippen LogP contribution in [0.3, 0.4) is 0 Å². The number of hydrogen-bond donors (Lipinski definition) is 2. The van der Waals surface area contributed by atoms with Crippen LogP contribution in [0.25, 0.3) is 0 Å². The van der Waals surface area contributed by atoms with E-state index >= 15 is 0 Å². The van der Waals surface area contributed by atoms with Gasteiger partial charge >= 0.3 is 0 Å². The molecule has 3 rings (SSSR count). The van der Waals surface area contributed by atoms with Gasteiger partial charge in [-0.25, -0.2) is 0 Å². The fraction of sp³-hybridized carbons (Fsp3) is 0.364. The summed E-state index contributed by atoms with van der Waals surface area (Å²) in [5.74, 6) is -0.433. The Labute approximate surface area is 155 Å². The molecule has 0 bridgehead atoms. The lowest BCUT2D eigenvalue weighted by Gasteiger charge is -2.18. The van der Waals surface area contributed by atoms with Crippen LogP contribution in [0.4, 0.5) is 11.4 Å². The number of rotatable bonds is 4. The van der Waals surface area contributed by atoms with Crippen LogP contribution in [-0.2, 0) is 9.59 Å². The normalized spacial score (nSPS) is 14.7. The van der Waals surface area contributed by atoms with Crippen molar-refractivity contribution in [3.8, 4) is 0 Å². The zero-order valence-corrected chi connectivity index (χ0v) is 16.1. The molecule has 2 N–H and O–H groups in total. The molecule has 1 aliphatic carbocycles. The number of nitrogens with one attached hydrogen (secondary N) is 2. The molecular formula is C22H26N2O2. The number of aryl methyl sites for hydroxylation is 5. The molecule has 4 nitrogen and oxygen atoms in total. The predicted octanol–water partition coefficient (Wildman–Crippen LogP) is 4.59. The Morgan fingerprint density at radius 2 is 1.19 bits per heavy atom. The number of carbonyl (C=O) groups is 2. The molecule has 1 fully saturated rings. The minimum Gasteiger partial charge on any atom is -0.325 e. The Hall–Kier alpha value is -2.62. The maximum absolute atomic E-state index is 12.9. The molecule has 0 atom stereocenters. The standard InChI is InChI=1S/C22H26N2O2/c1-13-8-14(2)12-18(11-13)23-20(25)22(6-7-22)21(26)24-19-16(4)9-15(3)10-17(19)5/h8-12H,6-7H2,1-5H3,(H,23,25)(H,24,26). The van der Waals surface area contributed by atoms with Crippen LogP contribution in [0.2, 0.25) is 0 Å². The summed E-state index contributed by atoms with van der Waals surface area (Å²) in [6, 6.07) is 9.98. The van der Waals surface area contributed by atoms with Crippen molar-refractivity contribution in [3.63, 3.8) is 0 Å². The van der Waals surface area contributed by atoms with E-state index in [9.17, 15) is 9.59 Å². The fourth-order valence-electron chi connectivity index (χ4n) is 3.59. The van der Waals surface area contributed by atoms with Crippen LogP contribution in [0, 0.1) is 40.0 Å². The maximum Gasteiger partial charge on any atom is 0.240 e. The van der Waals surface area contributed by atoms with Crippen molar-refractivity contribution in [3.05, 3.63) is 58.1 Å². The summed E-state index contributed by atoms with van der Waals surface area (Å²) < 4.78 is 0. The molecule has 2 amide bonds. The molecule has 26 heavy (non-hydrogen) atoms. The summed E-state index contributed by atoms with van der Waals surface area (Å²) in [7, 11) is 0. The molecule has 1 saturated carbocycles. The van der Waals surface area contributed by atoms with E-state index in [1.807, 2.05) is 58.9 Å². The molecule has 2 aromatic carbocycles. The SMILES string of the molecule is Cc1cc(C)cc(NC(=O)C2(C(=O)Nc3c(C)cc(C)cc3C)CC2)c1. The largest absolute Gasteiger partial charge is 0.325 e. The van der Waals surface area contributed by atoms with E-state index < -0.39 is 5.41 Å². The van der Waals surface area contributed by atoms with Gasteiger partial charge in [-0.15, -0.1) is 0 Å². The Balaban J connectivity index is 1.78. The topological polar surface area (TPSA) is 58.2 Å². The van der Waals surface area contributed by atoms with Crippen molar-refractivity contribution >= 4 is 23.2 Å². The second-order valence-electron chi connectivity index (χ2n) is 7.64. The lowest BCUT2D eigenvalue weighted by atomic mass is 10.0. The highest BCUT2D eigenvalue weighted by Gasteiger charge is 2.56. The first-order chi connectivity index (χ1) is 12.2. The molecule has 4 heteroatoms. The highest BCUT2D eigenvalue weighted by molar-refractivity contribution is 6.17. The van der Waals surface area contributed by atoms with Gasteiger partial charge in [0.1, 0.15) is 5.41 Å². The summed E-state index contributed by atoms with van der Waals surface area (Å²) in [4.78, 5) is 25.7. The van der Waals surface area contributed by atoms with Crippen molar-refractivity contribution in [1.29, 1.82) is 0 Å². The Morgan fingerprint density at radius 3 is 1.69 bits per heavy atom. The van der Waals surface area contributed by atoms with Crippen LogP contribution in [0.5, 0.6) is 0 Å². The third-order valence-electron chi connectivity index (χ3n) is 5.01. The van der Waals surface area contributed by atoms with Crippen molar-refractivity contribution in [1.82, 2.24) is 0 Å². The zero-order valence-electron chi connectivity index (χ0n) is 16.1. The number of hydrogen-bond acceptors (Lipinski definition) is 2. The molecule has 2 aromatic rings. The number of benzene rings is 2. The van der Waals surface area contributed by atoms with Crippen LogP contribution in [-0.4, -0.2) is 11.8 Å².